The molecule has 5 rings (SSSR count). The Balaban J connectivity index is 1.86. The average Bonchev–Trinajstić information content (AvgIpc) is 2.29. The van der Waals surface area contributed by atoms with Crippen LogP contribution in [0.2, 0.25) is 0 Å². The molecule has 1 saturated carbocycles. The van der Waals surface area contributed by atoms with Gasteiger partial charge in [-0.2, -0.15) is 0 Å². The molecular formula is C16H16. The first-order valence-electron chi connectivity index (χ1n) is 6.37. The van der Waals surface area contributed by atoms with Crippen molar-refractivity contribution in [3.63, 3.8) is 0 Å². The second-order valence-electron chi connectivity index (χ2n) is 5.50. The summed E-state index contributed by atoms with van der Waals surface area (Å²) in [5, 5.41) is 0. The van der Waals surface area contributed by atoms with Crippen molar-refractivity contribution in [2.45, 2.75) is 25.7 Å². The van der Waals surface area contributed by atoms with E-state index in [4.69, 9.17) is 0 Å². The summed E-state index contributed by atoms with van der Waals surface area (Å²) < 4.78 is 0. The predicted molar refractivity (Wildman–Crippen MR) is 66.9 cm³/mol. The lowest BCUT2D eigenvalue weighted by atomic mass is 9.62. The first-order valence-corrected chi connectivity index (χ1v) is 6.37. The molecule has 0 spiro atoms. The fourth-order valence-electron chi connectivity index (χ4n) is 3.92. The highest BCUT2D eigenvalue weighted by Crippen LogP contribution is 2.52. The summed E-state index contributed by atoms with van der Waals surface area (Å²) in [6, 6.07) is 11.0. The van der Waals surface area contributed by atoms with Gasteiger partial charge in [-0.15, -0.1) is 0 Å². The van der Waals surface area contributed by atoms with E-state index >= 15 is 0 Å². The Kier molecular flexibility index (Phi) is 1.71. The number of hydrogen-bond donors (Lipinski definition) is 0. The molecule has 1 fully saturated rings. The van der Waals surface area contributed by atoms with Gasteiger partial charge in [0.25, 0.3) is 0 Å². The highest BCUT2D eigenvalue weighted by Gasteiger charge is 2.36. The van der Waals surface area contributed by atoms with Crippen molar-refractivity contribution in [3.05, 3.63) is 53.1 Å². The molecule has 16 heavy (non-hydrogen) atoms. The summed E-state index contributed by atoms with van der Waals surface area (Å²) in [6.45, 7) is 0. The normalized spacial score (nSPS) is 30.9. The second kappa shape index (κ2) is 3.10. The Hall–Kier alpha value is -1.30. The molecule has 0 radical (unpaired) electrons. The summed E-state index contributed by atoms with van der Waals surface area (Å²) in [5.74, 6) is 1.72. The van der Waals surface area contributed by atoms with E-state index < -0.39 is 0 Å². The fraction of sp³-hybridized carbons (Fsp3) is 0.375. The van der Waals surface area contributed by atoms with E-state index in [1.165, 1.54) is 31.2 Å². The van der Waals surface area contributed by atoms with E-state index in [0.717, 1.165) is 11.8 Å². The monoisotopic (exact) mass is 208 g/mol. The van der Waals surface area contributed by atoms with Crippen molar-refractivity contribution in [1.29, 1.82) is 0 Å². The zero-order chi connectivity index (χ0) is 10.5. The lowest BCUT2D eigenvalue weighted by Crippen LogP contribution is -2.27. The van der Waals surface area contributed by atoms with Gasteiger partial charge in [0.2, 0.25) is 0 Å². The van der Waals surface area contributed by atoms with E-state index in [1.54, 1.807) is 16.7 Å². The third kappa shape index (κ3) is 1.16. The van der Waals surface area contributed by atoms with Crippen LogP contribution in [0.15, 0.2) is 47.6 Å². The van der Waals surface area contributed by atoms with Gasteiger partial charge in [-0.3, -0.25) is 0 Å². The number of hydrogen-bond acceptors (Lipinski definition) is 0. The maximum absolute atomic E-state index is 2.56. The Morgan fingerprint density at radius 3 is 2.62 bits per heavy atom. The molecule has 1 aromatic carbocycles. The minimum atomic E-state index is 0.744. The predicted octanol–water partition coefficient (Wildman–Crippen LogP) is 4.20. The Morgan fingerprint density at radius 2 is 1.88 bits per heavy atom. The van der Waals surface area contributed by atoms with Crippen molar-refractivity contribution in [3.8, 4) is 0 Å². The number of rotatable bonds is 1. The largest absolute Gasteiger partial charge is 0.0774 e. The summed E-state index contributed by atoms with van der Waals surface area (Å²) >= 11 is 0. The van der Waals surface area contributed by atoms with Crippen molar-refractivity contribution in [2.75, 3.05) is 0 Å². The van der Waals surface area contributed by atoms with Gasteiger partial charge >= 0.3 is 0 Å². The van der Waals surface area contributed by atoms with Crippen molar-refractivity contribution < 1.29 is 0 Å². The van der Waals surface area contributed by atoms with E-state index in [1.807, 2.05) is 0 Å². The Labute approximate surface area is 96.7 Å². The number of allylic oxidation sites excluding steroid dienone is 4. The molecule has 1 aromatic rings. The molecule has 0 heterocycles. The smallest absolute Gasteiger partial charge is 0.00292 e. The highest BCUT2D eigenvalue weighted by atomic mass is 14.4. The van der Waals surface area contributed by atoms with Crippen LogP contribution in [0.4, 0.5) is 0 Å². The zero-order valence-corrected chi connectivity index (χ0v) is 9.45. The molecule has 0 aliphatic heterocycles. The first kappa shape index (κ1) is 8.81. The molecule has 80 valence electrons. The first-order chi connectivity index (χ1) is 7.90. The van der Waals surface area contributed by atoms with Crippen LogP contribution in [0.5, 0.6) is 0 Å². The average molecular weight is 208 g/mol. The van der Waals surface area contributed by atoms with E-state index in [9.17, 15) is 0 Å². The van der Waals surface area contributed by atoms with Crippen LogP contribution in [0.1, 0.15) is 31.2 Å². The lowest BCUT2D eigenvalue weighted by molar-refractivity contribution is 0.372. The molecule has 0 aromatic heterocycles. The maximum Gasteiger partial charge on any atom is 0.00292 e. The fourth-order valence-corrected chi connectivity index (χ4v) is 3.92. The number of benzene rings is 1. The van der Waals surface area contributed by atoms with Gasteiger partial charge in [-0.05, 0) is 42.7 Å². The molecule has 0 N–H and O–H groups in total. The quantitative estimate of drug-likeness (QED) is 0.607. The molecule has 0 heteroatoms. The molecule has 0 amide bonds. The molecule has 0 saturated heterocycles. The standard InChI is InChI=1S/C16H16/c1-2-4-13(5-3-1)16-14-7-11-6-12(9-14)10-15(16)8-11/h1-5,7,12,14H,6,8-10H2. The van der Waals surface area contributed by atoms with Crippen LogP contribution < -0.4 is 0 Å². The van der Waals surface area contributed by atoms with Crippen LogP contribution in [-0.2, 0) is 0 Å². The van der Waals surface area contributed by atoms with Crippen molar-refractivity contribution in [1.82, 2.24) is 0 Å². The lowest BCUT2D eigenvalue weighted by Gasteiger charge is -2.42. The van der Waals surface area contributed by atoms with Gasteiger partial charge in [0.05, 0.1) is 0 Å². The van der Waals surface area contributed by atoms with Gasteiger partial charge in [0.1, 0.15) is 0 Å². The summed E-state index contributed by atoms with van der Waals surface area (Å²) in [7, 11) is 0. The minimum Gasteiger partial charge on any atom is -0.0774 e. The summed E-state index contributed by atoms with van der Waals surface area (Å²) in [4.78, 5) is 0. The summed E-state index contributed by atoms with van der Waals surface area (Å²) in [5.41, 5.74) is 6.61. The minimum absolute atomic E-state index is 0.744. The van der Waals surface area contributed by atoms with Gasteiger partial charge in [0.15, 0.2) is 0 Å². The van der Waals surface area contributed by atoms with Crippen LogP contribution in [0.3, 0.4) is 0 Å². The van der Waals surface area contributed by atoms with Crippen LogP contribution in [-0.4, -0.2) is 0 Å². The van der Waals surface area contributed by atoms with Gasteiger partial charge in [-0.1, -0.05) is 47.6 Å². The molecule has 4 bridgehead atoms. The second-order valence-corrected chi connectivity index (χ2v) is 5.50. The molecule has 4 aliphatic carbocycles. The topological polar surface area (TPSA) is 0 Å². The van der Waals surface area contributed by atoms with E-state index in [0.29, 0.717) is 0 Å². The molecule has 4 aliphatic rings. The molecule has 0 nitrogen and oxygen atoms in total. The zero-order valence-electron chi connectivity index (χ0n) is 9.45. The SMILES string of the molecule is C1=C2CC3=C(c4ccccc4)C1CC(C2)C3. The maximum atomic E-state index is 2.56. The third-order valence-corrected chi connectivity index (χ3v) is 4.39. The Morgan fingerprint density at radius 1 is 1.00 bits per heavy atom. The van der Waals surface area contributed by atoms with E-state index in [-0.39, 0.29) is 0 Å². The third-order valence-electron chi connectivity index (χ3n) is 4.39. The Bertz CT molecular complexity index is 490. The van der Waals surface area contributed by atoms with Crippen LogP contribution in [0, 0.1) is 11.8 Å². The van der Waals surface area contributed by atoms with E-state index in [2.05, 4.69) is 36.4 Å². The molecule has 2 unspecified atom stereocenters. The van der Waals surface area contributed by atoms with Crippen LogP contribution >= 0.6 is 0 Å². The van der Waals surface area contributed by atoms with Crippen LogP contribution in [0.25, 0.3) is 5.57 Å². The van der Waals surface area contributed by atoms with Gasteiger partial charge < -0.3 is 0 Å². The van der Waals surface area contributed by atoms with Gasteiger partial charge in [-0.25, -0.2) is 0 Å². The molecule has 2 atom stereocenters. The highest BCUT2D eigenvalue weighted by molar-refractivity contribution is 5.75. The summed E-state index contributed by atoms with van der Waals surface area (Å²) in [6.07, 6.45) is 8.00. The van der Waals surface area contributed by atoms with Crippen molar-refractivity contribution >= 4 is 5.57 Å². The van der Waals surface area contributed by atoms with Crippen molar-refractivity contribution in [2.24, 2.45) is 11.8 Å². The molecular weight excluding hydrogens is 192 g/mol. The van der Waals surface area contributed by atoms with Gasteiger partial charge in [0, 0.05) is 5.92 Å².